The van der Waals surface area contributed by atoms with E-state index in [0.29, 0.717) is 0 Å². The van der Waals surface area contributed by atoms with Crippen LogP contribution in [0.5, 0.6) is 0 Å². The Morgan fingerprint density at radius 2 is 2.20 bits per heavy atom. The highest BCUT2D eigenvalue weighted by atomic mass is 15.2. The molecule has 78 valence electrons. The number of hydrogen-bond acceptors (Lipinski definition) is 2. The van der Waals surface area contributed by atoms with Crippen molar-refractivity contribution in [1.82, 2.24) is 15.1 Å². The number of benzene rings is 1. The van der Waals surface area contributed by atoms with Crippen LogP contribution in [0.4, 0.5) is 0 Å². The van der Waals surface area contributed by atoms with E-state index in [-0.39, 0.29) is 0 Å². The van der Waals surface area contributed by atoms with E-state index in [1.165, 1.54) is 11.1 Å². The Morgan fingerprint density at radius 1 is 1.33 bits per heavy atom. The van der Waals surface area contributed by atoms with Gasteiger partial charge >= 0.3 is 0 Å². The van der Waals surface area contributed by atoms with Crippen LogP contribution in [-0.2, 0) is 13.6 Å². The summed E-state index contributed by atoms with van der Waals surface area (Å²) in [7, 11) is 3.88. The maximum absolute atomic E-state index is 4.38. The minimum atomic E-state index is 0.890. The van der Waals surface area contributed by atoms with Gasteiger partial charge in [0.25, 0.3) is 0 Å². The maximum Gasteiger partial charge on any atom is 0.0923 e. The van der Waals surface area contributed by atoms with Crippen LogP contribution in [0, 0.1) is 0 Å². The van der Waals surface area contributed by atoms with Gasteiger partial charge in [0.1, 0.15) is 0 Å². The fourth-order valence-corrected chi connectivity index (χ4v) is 1.61. The summed E-state index contributed by atoms with van der Waals surface area (Å²) in [5, 5.41) is 7.52. The molecule has 2 rings (SSSR count). The lowest BCUT2D eigenvalue weighted by Gasteiger charge is -2.02. The number of nitrogens with zero attached hydrogens (tertiary/aromatic N) is 2. The van der Waals surface area contributed by atoms with Crippen LogP contribution in [0.1, 0.15) is 5.56 Å². The number of aromatic nitrogens is 2. The minimum absolute atomic E-state index is 0.890. The van der Waals surface area contributed by atoms with Gasteiger partial charge in [-0.2, -0.15) is 5.10 Å². The third-order valence-electron chi connectivity index (χ3n) is 2.32. The van der Waals surface area contributed by atoms with E-state index < -0.39 is 0 Å². The summed E-state index contributed by atoms with van der Waals surface area (Å²) in [5.74, 6) is 0. The largest absolute Gasteiger partial charge is 0.316 e. The molecule has 1 aromatic heterocycles. The Bertz CT molecular complexity index is 446. The first kappa shape index (κ1) is 9.93. The van der Waals surface area contributed by atoms with E-state index in [1.807, 2.05) is 31.0 Å². The summed E-state index contributed by atoms with van der Waals surface area (Å²) in [4.78, 5) is 0. The zero-order valence-corrected chi connectivity index (χ0v) is 9.07. The quantitative estimate of drug-likeness (QED) is 0.820. The van der Waals surface area contributed by atoms with E-state index in [2.05, 4.69) is 34.7 Å². The first-order chi connectivity index (χ1) is 7.29. The van der Waals surface area contributed by atoms with Gasteiger partial charge in [0.2, 0.25) is 0 Å². The van der Waals surface area contributed by atoms with Gasteiger partial charge in [-0.25, -0.2) is 0 Å². The van der Waals surface area contributed by atoms with Gasteiger partial charge in [0.15, 0.2) is 0 Å². The second kappa shape index (κ2) is 4.28. The number of rotatable bonds is 3. The smallest absolute Gasteiger partial charge is 0.0923 e. The molecule has 0 saturated carbocycles. The molecule has 0 saturated heterocycles. The van der Waals surface area contributed by atoms with Gasteiger partial charge < -0.3 is 5.32 Å². The van der Waals surface area contributed by atoms with Crippen LogP contribution in [0.3, 0.4) is 0 Å². The minimum Gasteiger partial charge on any atom is -0.316 e. The van der Waals surface area contributed by atoms with Crippen molar-refractivity contribution in [3.63, 3.8) is 0 Å². The van der Waals surface area contributed by atoms with Gasteiger partial charge in [-0.3, -0.25) is 4.68 Å². The van der Waals surface area contributed by atoms with Crippen LogP contribution < -0.4 is 5.32 Å². The van der Waals surface area contributed by atoms with Gasteiger partial charge in [-0.05, 0) is 24.7 Å². The summed E-state index contributed by atoms with van der Waals surface area (Å²) >= 11 is 0. The summed E-state index contributed by atoms with van der Waals surface area (Å²) in [5.41, 5.74) is 3.47. The molecule has 0 aliphatic rings. The topological polar surface area (TPSA) is 29.9 Å². The first-order valence-corrected chi connectivity index (χ1v) is 5.03. The average Bonchev–Trinajstić information content (AvgIpc) is 2.66. The lowest BCUT2D eigenvalue weighted by molar-refractivity contribution is 0.770. The Morgan fingerprint density at radius 3 is 2.87 bits per heavy atom. The molecular formula is C12H15N3. The van der Waals surface area contributed by atoms with Crippen molar-refractivity contribution < 1.29 is 0 Å². The van der Waals surface area contributed by atoms with Crippen molar-refractivity contribution in [3.8, 4) is 11.3 Å². The lowest BCUT2D eigenvalue weighted by atomic mass is 10.1. The predicted molar refractivity (Wildman–Crippen MR) is 61.4 cm³/mol. The zero-order valence-electron chi connectivity index (χ0n) is 9.07. The molecule has 2 aromatic rings. The number of aryl methyl sites for hydroxylation is 1. The molecule has 1 N–H and O–H groups in total. The average molecular weight is 201 g/mol. The summed E-state index contributed by atoms with van der Waals surface area (Å²) < 4.78 is 1.82. The van der Waals surface area contributed by atoms with Crippen molar-refractivity contribution in [2.24, 2.45) is 7.05 Å². The maximum atomic E-state index is 4.38. The Balaban J connectivity index is 2.32. The van der Waals surface area contributed by atoms with Gasteiger partial charge in [0.05, 0.1) is 5.69 Å². The highest BCUT2D eigenvalue weighted by molar-refractivity contribution is 5.59. The van der Waals surface area contributed by atoms with E-state index in [1.54, 1.807) is 0 Å². The van der Waals surface area contributed by atoms with Crippen molar-refractivity contribution in [2.75, 3.05) is 7.05 Å². The van der Waals surface area contributed by atoms with E-state index in [4.69, 9.17) is 0 Å². The van der Waals surface area contributed by atoms with Crippen molar-refractivity contribution >= 4 is 0 Å². The Labute approximate surface area is 89.7 Å². The number of hydrogen-bond donors (Lipinski definition) is 1. The Hall–Kier alpha value is -1.61. The van der Waals surface area contributed by atoms with E-state index in [9.17, 15) is 0 Å². The molecule has 0 aliphatic carbocycles. The van der Waals surface area contributed by atoms with Crippen LogP contribution in [0.2, 0.25) is 0 Å². The lowest BCUT2D eigenvalue weighted by Crippen LogP contribution is -2.04. The summed E-state index contributed by atoms with van der Waals surface area (Å²) in [6, 6.07) is 10.5. The fraction of sp³-hybridized carbons (Fsp3) is 0.250. The second-order valence-electron chi connectivity index (χ2n) is 3.61. The molecule has 1 aromatic carbocycles. The molecule has 15 heavy (non-hydrogen) atoms. The van der Waals surface area contributed by atoms with E-state index in [0.717, 1.165) is 12.2 Å². The van der Waals surface area contributed by atoms with Crippen molar-refractivity contribution in [2.45, 2.75) is 6.54 Å². The van der Waals surface area contributed by atoms with Gasteiger partial charge in [0, 0.05) is 25.4 Å². The van der Waals surface area contributed by atoms with Gasteiger partial charge in [-0.15, -0.1) is 0 Å². The van der Waals surface area contributed by atoms with Crippen molar-refractivity contribution in [3.05, 3.63) is 42.1 Å². The van der Waals surface area contributed by atoms with Crippen LogP contribution in [0.15, 0.2) is 36.5 Å². The molecule has 0 aliphatic heterocycles. The van der Waals surface area contributed by atoms with Crippen molar-refractivity contribution in [1.29, 1.82) is 0 Å². The molecule has 0 unspecified atom stereocenters. The van der Waals surface area contributed by atoms with Crippen LogP contribution >= 0.6 is 0 Å². The molecule has 3 heteroatoms. The monoisotopic (exact) mass is 201 g/mol. The third-order valence-corrected chi connectivity index (χ3v) is 2.32. The fourth-order valence-electron chi connectivity index (χ4n) is 1.61. The van der Waals surface area contributed by atoms with E-state index >= 15 is 0 Å². The van der Waals surface area contributed by atoms with Crippen LogP contribution in [-0.4, -0.2) is 16.8 Å². The molecule has 0 fully saturated rings. The first-order valence-electron chi connectivity index (χ1n) is 5.03. The summed E-state index contributed by atoms with van der Waals surface area (Å²) in [6.45, 7) is 0.890. The third kappa shape index (κ3) is 2.25. The molecule has 0 bridgehead atoms. The molecule has 1 heterocycles. The van der Waals surface area contributed by atoms with Crippen LogP contribution in [0.25, 0.3) is 11.3 Å². The zero-order chi connectivity index (χ0) is 10.7. The molecular weight excluding hydrogens is 186 g/mol. The van der Waals surface area contributed by atoms with Gasteiger partial charge in [-0.1, -0.05) is 18.2 Å². The molecule has 0 atom stereocenters. The predicted octanol–water partition coefficient (Wildman–Crippen LogP) is 1.81. The second-order valence-corrected chi connectivity index (χ2v) is 3.61. The molecule has 3 nitrogen and oxygen atoms in total. The molecule has 0 radical (unpaired) electrons. The highest BCUT2D eigenvalue weighted by Crippen LogP contribution is 2.17. The standard InChI is InChI=1S/C12H15N3/c1-13-9-10-4-3-5-11(8-10)12-6-7-15(2)14-12/h3-8,13H,9H2,1-2H3. The molecule has 0 spiro atoms. The molecule has 0 amide bonds. The summed E-state index contributed by atoms with van der Waals surface area (Å²) in [6.07, 6.45) is 1.96. The Kier molecular flexibility index (Phi) is 2.83. The number of nitrogens with one attached hydrogen (secondary N) is 1. The highest BCUT2D eigenvalue weighted by Gasteiger charge is 2.01. The normalized spacial score (nSPS) is 10.5. The SMILES string of the molecule is CNCc1cccc(-c2ccn(C)n2)c1.